The maximum Gasteiger partial charge on any atom is 0.336 e. The third-order valence-electron chi connectivity index (χ3n) is 5.21. The van der Waals surface area contributed by atoms with E-state index in [1.165, 1.54) is 25.7 Å². The summed E-state index contributed by atoms with van der Waals surface area (Å²) >= 11 is 6.25. The number of carboxylic acids is 1. The first-order chi connectivity index (χ1) is 13.1. The molecule has 0 aliphatic heterocycles. The molecule has 1 amide bonds. The van der Waals surface area contributed by atoms with Crippen LogP contribution in [0.1, 0.15) is 59.2 Å². The Morgan fingerprint density at radius 3 is 2.41 bits per heavy atom. The van der Waals surface area contributed by atoms with Crippen molar-refractivity contribution in [2.45, 2.75) is 38.5 Å². The van der Waals surface area contributed by atoms with Crippen LogP contribution >= 0.6 is 11.6 Å². The highest BCUT2D eigenvalue weighted by molar-refractivity contribution is 6.34. The number of carbonyl (C=O) groups is 2. The Balaban J connectivity index is 1.79. The number of amides is 1. The van der Waals surface area contributed by atoms with Crippen molar-refractivity contribution in [3.8, 4) is 11.1 Å². The predicted octanol–water partition coefficient (Wildman–Crippen LogP) is 5.41. The lowest BCUT2D eigenvalue weighted by Crippen LogP contribution is -2.29. The van der Waals surface area contributed by atoms with Crippen molar-refractivity contribution in [2.75, 3.05) is 6.54 Å². The number of nitrogens with one attached hydrogen (secondary N) is 1. The summed E-state index contributed by atoms with van der Waals surface area (Å²) in [5.41, 5.74) is 1.81. The van der Waals surface area contributed by atoms with E-state index in [-0.39, 0.29) is 11.5 Å². The molecule has 0 bridgehead atoms. The molecule has 0 unspecified atom stereocenters. The van der Waals surface area contributed by atoms with Crippen LogP contribution in [-0.4, -0.2) is 23.5 Å². The van der Waals surface area contributed by atoms with E-state index in [2.05, 4.69) is 5.32 Å². The number of carbonyl (C=O) groups excluding carboxylic acids is 1. The van der Waals surface area contributed by atoms with Gasteiger partial charge in [0.2, 0.25) is 0 Å². The SMILES string of the molecule is O=C(NCC1CCCCCC1)c1cc(-c2ccccc2C(=O)O)ccc1Cl. The van der Waals surface area contributed by atoms with Gasteiger partial charge in [-0.25, -0.2) is 4.79 Å². The number of carboxylic acid groups (broad SMARTS) is 1. The molecule has 2 aromatic carbocycles. The summed E-state index contributed by atoms with van der Waals surface area (Å²) in [4.78, 5) is 24.2. The number of benzene rings is 2. The van der Waals surface area contributed by atoms with Gasteiger partial charge in [-0.1, -0.05) is 61.5 Å². The summed E-state index contributed by atoms with van der Waals surface area (Å²) in [6, 6.07) is 11.8. The molecule has 4 nitrogen and oxygen atoms in total. The van der Waals surface area contributed by atoms with Crippen molar-refractivity contribution in [2.24, 2.45) is 5.92 Å². The lowest BCUT2D eigenvalue weighted by molar-refractivity contribution is 0.0697. The lowest BCUT2D eigenvalue weighted by Gasteiger charge is -2.16. The second-order valence-electron chi connectivity index (χ2n) is 7.11. The first kappa shape index (κ1) is 19.4. The smallest absolute Gasteiger partial charge is 0.336 e. The Bertz CT molecular complexity index is 826. The van der Waals surface area contributed by atoms with Crippen LogP contribution in [0, 0.1) is 5.92 Å². The molecule has 0 spiro atoms. The molecular weight excluding hydrogens is 362 g/mol. The number of rotatable bonds is 5. The minimum Gasteiger partial charge on any atom is -0.478 e. The van der Waals surface area contributed by atoms with E-state index in [9.17, 15) is 14.7 Å². The van der Waals surface area contributed by atoms with E-state index in [1.807, 2.05) is 0 Å². The number of hydrogen-bond acceptors (Lipinski definition) is 2. The van der Waals surface area contributed by atoms with Crippen molar-refractivity contribution < 1.29 is 14.7 Å². The van der Waals surface area contributed by atoms with Gasteiger partial charge < -0.3 is 10.4 Å². The first-order valence-corrected chi connectivity index (χ1v) is 9.84. The largest absolute Gasteiger partial charge is 0.478 e. The van der Waals surface area contributed by atoms with Gasteiger partial charge in [0.15, 0.2) is 0 Å². The third-order valence-corrected chi connectivity index (χ3v) is 5.54. The van der Waals surface area contributed by atoms with Gasteiger partial charge >= 0.3 is 5.97 Å². The van der Waals surface area contributed by atoms with Crippen LogP contribution in [-0.2, 0) is 0 Å². The molecule has 0 atom stereocenters. The zero-order valence-corrected chi connectivity index (χ0v) is 16.0. The zero-order valence-electron chi connectivity index (χ0n) is 15.2. The Morgan fingerprint density at radius 1 is 1.00 bits per heavy atom. The Kier molecular flexibility index (Phi) is 6.51. The zero-order chi connectivity index (χ0) is 19.2. The van der Waals surface area contributed by atoms with E-state index in [1.54, 1.807) is 42.5 Å². The van der Waals surface area contributed by atoms with Crippen LogP contribution in [0.2, 0.25) is 5.02 Å². The molecule has 0 aromatic heterocycles. The van der Waals surface area contributed by atoms with Crippen molar-refractivity contribution in [1.29, 1.82) is 0 Å². The van der Waals surface area contributed by atoms with Gasteiger partial charge in [-0.05, 0) is 48.1 Å². The number of hydrogen-bond donors (Lipinski definition) is 2. The van der Waals surface area contributed by atoms with Gasteiger partial charge in [-0.3, -0.25) is 4.79 Å². The molecule has 0 saturated heterocycles. The van der Waals surface area contributed by atoms with Crippen LogP contribution in [0.25, 0.3) is 11.1 Å². The minimum absolute atomic E-state index is 0.199. The Labute approximate surface area is 164 Å². The van der Waals surface area contributed by atoms with E-state index in [0.717, 1.165) is 12.8 Å². The standard InChI is InChI=1S/C22H24ClNO3/c23-20-12-11-16(17-9-5-6-10-18(17)22(26)27)13-19(20)21(25)24-14-15-7-3-1-2-4-8-15/h5-6,9-13,15H,1-4,7-8,14H2,(H,24,25)(H,26,27). The highest BCUT2D eigenvalue weighted by Gasteiger charge is 2.17. The van der Waals surface area contributed by atoms with E-state index in [4.69, 9.17) is 11.6 Å². The number of halogens is 1. The summed E-state index contributed by atoms with van der Waals surface area (Å²) in [7, 11) is 0. The molecule has 27 heavy (non-hydrogen) atoms. The highest BCUT2D eigenvalue weighted by Crippen LogP contribution is 2.28. The second kappa shape index (κ2) is 9.05. The van der Waals surface area contributed by atoms with Crippen LogP contribution in [0.3, 0.4) is 0 Å². The van der Waals surface area contributed by atoms with Crippen molar-refractivity contribution in [3.63, 3.8) is 0 Å². The van der Waals surface area contributed by atoms with Crippen molar-refractivity contribution in [1.82, 2.24) is 5.32 Å². The van der Waals surface area contributed by atoms with Gasteiger partial charge in [-0.2, -0.15) is 0 Å². The molecule has 0 heterocycles. The lowest BCUT2D eigenvalue weighted by atomic mass is 9.97. The predicted molar refractivity (Wildman–Crippen MR) is 107 cm³/mol. The molecule has 2 N–H and O–H groups in total. The van der Waals surface area contributed by atoms with Gasteiger partial charge in [0.1, 0.15) is 0 Å². The molecule has 1 aliphatic rings. The van der Waals surface area contributed by atoms with Crippen LogP contribution in [0.15, 0.2) is 42.5 Å². The van der Waals surface area contributed by atoms with E-state index < -0.39 is 5.97 Å². The van der Waals surface area contributed by atoms with Crippen molar-refractivity contribution in [3.05, 3.63) is 58.6 Å². The summed E-state index contributed by atoms with van der Waals surface area (Å²) in [5, 5.41) is 12.8. The maximum atomic E-state index is 12.7. The Morgan fingerprint density at radius 2 is 1.70 bits per heavy atom. The average Bonchev–Trinajstić information content (AvgIpc) is 2.95. The second-order valence-corrected chi connectivity index (χ2v) is 7.52. The van der Waals surface area contributed by atoms with Gasteiger partial charge in [0.25, 0.3) is 5.91 Å². The summed E-state index contributed by atoms with van der Waals surface area (Å²) in [6.45, 7) is 0.658. The van der Waals surface area contributed by atoms with Crippen molar-refractivity contribution >= 4 is 23.5 Å². The third kappa shape index (κ3) is 4.89. The fourth-order valence-electron chi connectivity index (χ4n) is 3.69. The average molecular weight is 386 g/mol. The monoisotopic (exact) mass is 385 g/mol. The summed E-state index contributed by atoms with van der Waals surface area (Å²) in [6.07, 6.45) is 7.31. The summed E-state index contributed by atoms with van der Waals surface area (Å²) in [5.74, 6) is -0.690. The van der Waals surface area contributed by atoms with Crippen LogP contribution in [0.4, 0.5) is 0 Å². The molecule has 1 saturated carbocycles. The molecule has 142 valence electrons. The van der Waals surface area contributed by atoms with Gasteiger partial charge in [0.05, 0.1) is 16.1 Å². The molecule has 0 radical (unpaired) electrons. The Hall–Kier alpha value is -2.33. The summed E-state index contributed by atoms with van der Waals surface area (Å²) < 4.78 is 0. The van der Waals surface area contributed by atoms with E-state index >= 15 is 0 Å². The quantitative estimate of drug-likeness (QED) is 0.676. The first-order valence-electron chi connectivity index (χ1n) is 9.46. The highest BCUT2D eigenvalue weighted by atomic mass is 35.5. The van der Waals surface area contributed by atoms with Crippen LogP contribution < -0.4 is 5.32 Å². The van der Waals surface area contributed by atoms with E-state index in [0.29, 0.717) is 34.2 Å². The van der Waals surface area contributed by atoms with Gasteiger partial charge in [0, 0.05) is 6.54 Å². The fourth-order valence-corrected chi connectivity index (χ4v) is 3.89. The molecular formula is C22H24ClNO3. The molecule has 2 aromatic rings. The fraction of sp³-hybridized carbons (Fsp3) is 0.364. The maximum absolute atomic E-state index is 12.7. The topological polar surface area (TPSA) is 66.4 Å². The normalized spacial score (nSPS) is 15.1. The molecule has 3 rings (SSSR count). The van der Waals surface area contributed by atoms with Gasteiger partial charge in [-0.15, -0.1) is 0 Å². The molecule has 1 aliphatic carbocycles. The van der Waals surface area contributed by atoms with Crippen LogP contribution in [0.5, 0.6) is 0 Å². The molecule has 5 heteroatoms. The number of aromatic carboxylic acids is 1. The minimum atomic E-state index is -1.00. The molecule has 1 fully saturated rings.